The molecule has 0 aromatic carbocycles. The monoisotopic (exact) mass is 374 g/mol. The van der Waals surface area contributed by atoms with E-state index in [1.54, 1.807) is 0 Å². The number of hydrogen-bond acceptors (Lipinski definition) is 4. The quantitative estimate of drug-likeness (QED) is 0.796. The Kier molecular flexibility index (Phi) is 3.71. The van der Waals surface area contributed by atoms with Crippen LogP contribution in [0.25, 0.3) is 0 Å². The zero-order valence-corrected chi connectivity index (χ0v) is 14.0. The van der Waals surface area contributed by atoms with E-state index in [9.17, 15) is 0 Å². The van der Waals surface area contributed by atoms with Gasteiger partial charge in [-0.1, -0.05) is 0 Å². The SMILES string of the molecule is CC1=[N+]N([BH-](N)n2nc(C)c(Br)c2C)C(C)=C1Br. The topological polar surface area (TPSA) is 61.2 Å². The number of nitrogens with two attached hydrogens (primary N) is 1. The number of hydrazone groups is 1. The molecule has 18 heavy (non-hydrogen) atoms. The van der Waals surface area contributed by atoms with Crippen molar-refractivity contribution in [1.29, 1.82) is 0 Å². The average molecular weight is 376 g/mol. The van der Waals surface area contributed by atoms with Gasteiger partial charge in [-0.15, -0.1) is 0 Å². The molecule has 0 saturated carbocycles. The minimum Gasteiger partial charge on any atom is -0.463 e. The largest absolute Gasteiger partial charge is 0.463 e. The van der Waals surface area contributed by atoms with Gasteiger partial charge in [0.05, 0.1) is 15.9 Å². The van der Waals surface area contributed by atoms with E-state index < -0.39 is 7.12 Å². The minimum atomic E-state index is -1.35. The van der Waals surface area contributed by atoms with Gasteiger partial charge in [-0.25, -0.2) is 10.0 Å². The Morgan fingerprint density at radius 1 is 1.22 bits per heavy atom. The maximum Gasteiger partial charge on any atom is 0.327 e. The van der Waals surface area contributed by atoms with Crippen LogP contribution in [0.15, 0.2) is 14.7 Å². The predicted molar refractivity (Wildman–Crippen MR) is 82.4 cm³/mol. The number of allylic oxidation sites excluding steroid dienone is 2. The highest BCUT2D eigenvalue weighted by Gasteiger charge is 2.32. The van der Waals surface area contributed by atoms with Crippen molar-refractivity contribution in [3.63, 3.8) is 0 Å². The van der Waals surface area contributed by atoms with Crippen LogP contribution < -0.4 is 10.7 Å². The third kappa shape index (κ3) is 2.06. The molecule has 0 aliphatic carbocycles. The standard InChI is InChI=1S/C10H15BBr2N5/c1-5-9(12)7(3)17(15-5)11(14)18-8(4)10(13)6(2)16-18/h11H,14H2,1-4H3. The molecule has 0 amide bonds. The molecule has 2 rings (SSSR count). The fourth-order valence-electron chi connectivity index (χ4n) is 2.11. The summed E-state index contributed by atoms with van der Waals surface area (Å²) < 4.78 is 3.86. The van der Waals surface area contributed by atoms with Crippen LogP contribution in [0.1, 0.15) is 25.2 Å². The molecule has 0 saturated heterocycles. The van der Waals surface area contributed by atoms with Crippen LogP contribution in [0, 0.1) is 13.8 Å². The Balaban J connectivity index is 2.39. The zero-order valence-electron chi connectivity index (χ0n) is 10.8. The van der Waals surface area contributed by atoms with E-state index in [-0.39, 0.29) is 0 Å². The van der Waals surface area contributed by atoms with Gasteiger partial charge in [0, 0.05) is 12.6 Å². The van der Waals surface area contributed by atoms with Crippen molar-refractivity contribution in [2.24, 2.45) is 5.64 Å². The van der Waals surface area contributed by atoms with E-state index >= 15 is 0 Å². The molecule has 2 N–H and O–H groups in total. The molecule has 1 aromatic heterocycles. The fraction of sp³-hybridized carbons (Fsp3) is 0.400. The summed E-state index contributed by atoms with van der Waals surface area (Å²) >= 11 is 7.03. The van der Waals surface area contributed by atoms with Crippen LogP contribution in [0.4, 0.5) is 0 Å². The molecule has 97 valence electrons. The summed E-state index contributed by atoms with van der Waals surface area (Å²) in [5.41, 5.74) is 10.3. The van der Waals surface area contributed by atoms with E-state index in [1.807, 2.05) is 37.2 Å². The number of aryl methyl sites for hydroxylation is 1. The highest BCUT2D eigenvalue weighted by Crippen LogP contribution is 2.23. The lowest BCUT2D eigenvalue weighted by Gasteiger charge is -2.24. The maximum atomic E-state index is 6.32. The molecule has 1 radical (unpaired) electrons. The molecule has 0 spiro atoms. The predicted octanol–water partition coefficient (Wildman–Crippen LogP) is 1.44. The van der Waals surface area contributed by atoms with Gasteiger partial charge >= 0.3 is 7.12 Å². The first-order chi connectivity index (χ1) is 8.34. The highest BCUT2D eigenvalue weighted by atomic mass is 79.9. The van der Waals surface area contributed by atoms with E-state index in [2.05, 4.69) is 42.1 Å². The van der Waals surface area contributed by atoms with Crippen LogP contribution in [0.2, 0.25) is 0 Å². The molecule has 0 bridgehead atoms. The van der Waals surface area contributed by atoms with Gasteiger partial charge in [0.15, 0.2) is 0 Å². The van der Waals surface area contributed by atoms with Crippen molar-refractivity contribution in [2.45, 2.75) is 27.7 Å². The lowest BCUT2D eigenvalue weighted by Crippen LogP contribution is -2.52. The molecule has 1 aromatic rings. The van der Waals surface area contributed by atoms with E-state index in [4.69, 9.17) is 5.64 Å². The van der Waals surface area contributed by atoms with Gasteiger partial charge in [-0.05, 0) is 52.6 Å². The van der Waals surface area contributed by atoms with Gasteiger partial charge in [-0.3, -0.25) is 0 Å². The van der Waals surface area contributed by atoms with Crippen molar-refractivity contribution in [1.82, 2.24) is 19.7 Å². The summed E-state index contributed by atoms with van der Waals surface area (Å²) in [5.74, 6) is 0. The first kappa shape index (κ1) is 13.8. The van der Waals surface area contributed by atoms with Crippen molar-refractivity contribution in [3.8, 4) is 0 Å². The maximum absolute atomic E-state index is 6.32. The zero-order chi connectivity index (χ0) is 13.6. The van der Waals surface area contributed by atoms with E-state index in [0.717, 1.165) is 31.8 Å². The lowest BCUT2D eigenvalue weighted by molar-refractivity contribution is 0.497. The van der Waals surface area contributed by atoms with Crippen molar-refractivity contribution in [2.75, 3.05) is 0 Å². The Bertz CT molecular complexity index is 563. The fourth-order valence-corrected chi connectivity index (χ4v) is 2.68. The number of aromatic nitrogens is 2. The minimum absolute atomic E-state index is 0.941. The molecule has 1 aliphatic rings. The Labute approximate surface area is 123 Å². The Morgan fingerprint density at radius 3 is 2.22 bits per heavy atom. The summed E-state index contributed by atoms with van der Waals surface area (Å²) in [6, 6.07) is 0. The van der Waals surface area contributed by atoms with Gasteiger partial charge in [0.1, 0.15) is 9.58 Å². The molecular weight excluding hydrogens is 361 g/mol. The number of rotatable bonds is 2. The highest BCUT2D eigenvalue weighted by molar-refractivity contribution is 9.12. The summed E-state index contributed by atoms with van der Waals surface area (Å²) in [7, 11) is -1.35. The number of halogens is 2. The van der Waals surface area contributed by atoms with E-state index in [0.29, 0.717) is 0 Å². The van der Waals surface area contributed by atoms with Gasteiger partial charge in [-0.2, -0.15) is 0 Å². The molecule has 1 aliphatic heterocycles. The second kappa shape index (κ2) is 4.83. The van der Waals surface area contributed by atoms with Crippen LogP contribution in [-0.4, -0.2) is 27.4 Å². The first-order valence-electron chi connectivity index (χ1n) is 5.71. The molecule has 0 fully saturated rings. The number of nitrogens with zero attached hydrogens (tertiary/aromatic N) is 4. The Hall–Kier alpha value is -0.595. The van der Waals surface area contributed by atoms with Gasteiger partial charge in [0.2, 0.25) is 0 Å². The van der Waals surface area contributed by atoms with Gasteiger partial charge < -0.3 is 10.2 Å². The molecule has 8 heteroatoms. The third-order valence-electron chi connectivity index (χ3n) is 3.20. The normalized spacial score (nSPS) is 17.5. The van der Waals surface area contributed by atoms with Crippen molar-refractivity contribution >= 4 is 44.7 Å². The van der Waals surface area contributed by atoms with Crippen molar-refractivity contribution in [3.05, 3.63) is 26.0 Å². The van der Waals surface area contributed by atoms with E-state index in [1.165, 1.54) is 0 Å². The van der Waals surface area contributed by atoms with Crippen LogP contribution in [0.5, 0.6) is 0 Å². The second-order valence-corrected chi connectivity index (χ2v) is 6.06. The van der Waals surface area contributed by atoms with Gasteiger partial charge in [0.25, 0.3) is 5.71 Å². The Morgan fingerprint density at radius 2 is 1.83 bits per heavy atom. The summed E-state index contributed by atoms with van der Waals surface area (Å²) in [6.45, 7) is 7.91. The summed E-state index contributed by atoms with van der Waals surface area (Å²) in [6.07, 6.45) is 0. The lowest BCUT2D eigenvalue weighted by atomic mass is 9.94. The molecule has 1 unspecified atom stereocenters. The molecular formula is C10H15BBr2N5. The first-order valence-corrected chi connectivity index (χ1v) is 7.30. The molecule has 2 heterocycles. The van der Waals surface area contributed by atoms with Crippen LogP contribution in [-0.2, 0) is 0 Å². The molecule has 5 nitrogen and oxygen atoms in total. The summed E-state index contributed by atoms with van der Waals surface area (Å²) in [5, 5.41) is 8.94. The number of hydrogen-bond donors (Lipinski definition) is 1. The van der Waals surface area contributed by atoms with Crippen LogP contribution in [0.3, 0.4) is 0 Å². The summed E-state index contributed by atoms with van der Waals surface area (Å²) in [4.78, 5) is 1.85. The second-order valence-electron chi connectivity index (χ2n) is 4.48. The average Bonchev–Trinajstić information content (AvgIpc) is 2.74. The third-order valence-corrected chi connectivity index (χ3v) is 5.50. The van der Waals surface area contributed by atoms with Crippen LogP contribution >= 0.6 is 31.9 Å². The molecule has 1 atom stereocenters. The smallest absolute Gasteiger partial charge is 0.327 e. The van der Waals surface area contributed by atoms with Crippen molar-refractivity contribution < 1.29 is 0 Å².